The van der Waals surface area contributed by atoms with E-state index in [0.29, 0.717) is 25.5 Å². The second-order valence-electron chi connectivity index (χ2n) is 4.48. The summed E-state index contributed by atoms with van der Waals surface area (Å²) in [6.07, 6.45) is 0.484. The molecule has 1 aromatic rings. The Morgan fingerprint density at radius 3 is 2.80 bits per heavy atom. The highest BCUT2D eigenvalue weighted by Crippen LogP contribution is 2.20. The summed E-state index contributed by atoms with van der Waals surface area (Å²) >= 11 is 0. The highest BCUT2D eigenvalue weighted by molar-refractivity contribution is 5.79. The Morgan fingerprint density at radius 2 is 2.15 bits per heavy atom. The van der Waals surface area contributed by atoms with Crippen LogP contribution in [0.15, 0.2) is 23.2 Å². The monoisotopic (exact) mass is 281 g/mol. The van der Waals surface area contributed by atoms with Crippen LogP contribution in [-0.4, -0.2) is 32.8 Å². The maximum absolute atomic E-state index is 12.1. The number of halogens is 1. The molecule has 0 saturated heterocycles. The Morgan fingerprint density at radius 1 is 1.35 bits per heavy atom. The fraction of sp³-hybridized carbons (Fsp3) is 0.533. The largest absolute Gasteiger partial charge is 0.496 e. The third-order valence-electron chi connectivity index (χ3n) is 2.80. The van der Waals surface area contributed by atoms with Crippen LogP contribution < -0.4 is 15.4 Å². The molecule has 2 N–H and O–H groups in total. The molecule has 5 heteroatoms. The van der Waals surface area contributed by atoms with Crippen molar-refractivity contribution in [3.05, 3.63) is 29.3 Å². The SMILES string of the molecule is CCNC(=NCc1ccc(C)cc1OC)NCCCF. The van der Waals surface area contributed by atoms with Gasteiger partial charge in [0.1, 0.15) is 5.75 Å². The summed E-state index contributed by atoms with van der Waals surface area (Å²) in [5.41, 5.74) is 2.18. The van der Waals surface area contributed by atoms with Crippen LogP contribution in [0.25, 0.3) is 0 Å². The van der Waals surface area contributed by atoms with Crippen molar-refractivity contribution < 1.29 is 9.13 Å². The number of aryl methyl sites for hydroxylation is 1. The Balaban J connectivity index is 2.70. The standard InChI is InChI=1S/C15H24FN3O/c1-4-17-15(18-9-5-8-16)19-11-13-7-6-12(2)10-14(13)20-3/h6-7,10H,4-5,8-9,11H2,1-3H3,(H2,17,18,19). The van der Waals surface area contributed by atoms with Gasteiger partial charge < -0.3 is 15.4 Å². The molecule has 0 heterocycles. The fourth-order valence-electron chi connectivity index (χ4n) is 1.76. The number of nitrogens with one attached hydrogen (secondary N) is 2. The number of rotatable bonds is 7. The molecule has 0 fully saturated rings. The minimum atomic E-state index is -0.321. The maximum Gasteiger partial charge on any atom is 0.191 e. The zero-order valence-electron chi connectivity index (χ0n) is 12.5. The number of hydrogen-bond acceptors (Lipinski definition) is 2. The van der Waals surface area contributed by atoms with Gasteiger partial charge in [-0.3, -0.25) is 4.39 Å². The molecule has 20 heavy (non-hydrogen) atoms. The lowest BCUT2D eigenvalue weighted by Gasteiger charge is -2.12. The highest BCUT2D eigenvalue weighted by atomic mass is 19.1. The zero-order chi connectivity index (χ0) is 14.8. The maximum atomic E-state index is 12.1. The smallest absolute Gasteiger partial charge is 0.191 e. The minimum absolute atomic E-state index is 0.321. The fourth-order valence-corrected chi connectivity index (χ4v) is 1.76. The van der Waals surface area contributed by atoms with Gasteiger partial charge in [0.15, 0.2) is 5.96 Å². The molecule has 0 aliphatic rings. The highest BCUT2D eigenvalue weighted by Gasteiger charge is 2.03. The second-order valence-corrected chi connectivity index (χ2v) is 4.48. The summed E-state index contributed by atoms with van der Waals surface area (Å²) in [4.78, 5) is 4.49. The van der Waals surface area contributed by atoms with Gasteiger partial charge in [-0.1, -0.05) is 12.1 Å². The summed E-state index contributed by atoms with van der Waals surface area (Å²) < 4.78 is 17.5. The van der Waals surface area contributed by atoms with E-state index < -0.39 is 0 Å². The third kappa shape index (κ3) is 5.47. The number of guanidine groups is 1. The van der Waals surface area contributed by atoms with Crippen molar-refractivity contribution in [1.29, 1.82) is 0 Å². The van der Waals surface area contributed by atoms with E-state index in [1.807, 2.05) is 32.0 Å². The molecule has 1 aromatic carbocycles. The molecule has 4 nitrogen and oxygen atoms in total. The second kappa shape index (κ2) is 9.18. The Labute approximate surface area is 120 Å². The molecule has 0 aliphatic carbocycles. The van der Waals surface area contributed by atoms with Crippen molar-refractivity contribution in [3.63, 3.8) is 0 Å². The molecule has 0 aromatic heterocycles. The van der Waals surface area contributed by atoms with Gasteiger partial charge in [0.05, 0.1) is 20.3 Å². The quantitative estimate of drug-likeness (QED) is 0.458. The van der Waals surface area contributed by atoms with Gasteiger partial charge in [-0.2, -0.15) is 0 Å². The van der Waals surface area contributed by atoms with Crippen LogP contribution in [0, 0.1) is 6.92 Å². The summed E-state index contributed by atoms with van der Waals surface area (Å²) in [7, 11) is 1.66. The first-order chi connectivity index (χ1) is 9.71. The van der Waals surface area contributed by atoms with Crippen LogP contribution in [-0.2, 0) is 6.54 Å². The first-order valence-corrected chi connectivity index (χ1v) is 6.93. The van der Waals surface area contributed by atoms with E-state index in [0.717, 1.165) is 23.4 Å². The van der Waals surface area contributed by atoms with Crippen molar-refractivity contribution >= 4 is 5.96 Å². The van der Waals surface area contributed by atoms with Crippen LogP contribution in [0.4, 0.5) is 4.39 Å². The molecule has 1 rings (SSSR count). The van der Waals surface area contributed by atoms with Crippen molar-refractivity contribution in [1.82, 2.24) is 10.6 Å². The molecule has 0 bridgehead atoms. The molecule has 0 radical (unpaired) electrons. The molecular formula is C15H24FN3O. The molecule has 0 atom stereocenters. The Kier molecular flexibility index (Phi) is 7.47. The van der Waals surface area contributed by atoms with E-state index in [1.54, 1.807) is 7.11 Å². The number of hydrogen-bond donors (Lipinski definition) is 2. The summed E-state index contributed by atoms with van der Waals surface area (Å²) in [5, 5.41) is 6.24. The topological polar surface area (TPSA) is 45.7 Å². The van der Waals surface area contributed by atoms with E-state index in [2.05, 4.69) is 15.6 Å². The van der Waals surface area contributed by atoms with Crippen LogP contribution in [0.1, 0.15) is 24.5 Å². The van der Waals surface area contributed by atoms with Crippen LogP contribution in [0.2, 0.25) is 0 Å². The lowest BCUT2D eigenvalue weighted by atomic mass is 10.1. The van der Waals surface area contributed by atoms with E-state index in [4.69, 9.17) is 4.74 Å². The van der Waals surface area contributed by atoms with Gasteiger partial charge in [-0.25, -0.2) is 4.99 Å². The van der Waals surface area contributed by atoms with E-state index in [9.17, 15) is 4.39 Å². The molecule has 0 unspecified atom stereocenters. The minimum Gasteiger partial charge on any atom is -0.496 e. The number of benzene rings is 1. The first kappa shape index (κ1) is 16.3. The number of alkyl halides is 1. The zero-order valence-corrected chi connectivity index (χ0v) is 12.5. The predicted octanol–water partition coefficient (Wildman–Crippen LogP) is 2.42. The average molecular weight is 281 g/mol. The Bertz CT molecular complexity index is 435. The van der Waals surface area contributed by atoms with Gasteiger partial charge in [0.25, 0.3) is 0 Å². The molecule has 0 saturated carbocycles. The summed E-state index contributed by atoms with van der Waals surface area (Å²) in [5.74, 6) is 1.54. The number of nitrogens with zero attached hydrogens (tertiary/aromatic N) is 1. The van der Waals surface area contributed by atoms with Gasteiger partial charge in [0.2, 0.25) is 0 Å². The van der Waals surface area contributed by atoms with Crippen LogP contribution in [0.3, 0.4) is 0 Å². The lowest BCUT2D eigenvalue weighted by molar-refractivity contribution is 0.409. The van der Waals surface area contributed by atoms with Crippen molar-refractivity contribution in [2.45, 2.75) is 26.8 Å². The number of aliphatic imine (C=N–C) groups is 1. The summed E-state index contributed by atoms with van der Waals surface area (Å²) in [6, 6.07) is 6.05. The molecular weight excluding hydrogens is 257 g/mol. The summed E-state index contributed by atoms with van der Waals surface area (Å²) in [6.45, 7) is 5.57. The van der Waals surface area contributed by atoms with Crippen LogP contribution >= 0.6 is 0 Å². The molecule has 0 amide bonds. The molecule has 0 spiro atoms. The lowest BCUT2D eigenvalue weighted by Crippen LogP contribution is -2.37. The van der Waals surface area contributed by atoms with Crippen molar-refractivity contribution in [3.8, 4) is 5.75 Å². The Hall–Kier alpha value is -1.78. The van der Waals surface area contributed by atoms with Gasteiger partial charge in [-0.15, -0.1) is 0 Å². The normalized spacial score (nSPS) is 11.3. The molecule has 112 valence electrons. The van der Waals surface area contributed by atoms with Crippen molar-refractivity contribution in [2.24, 2.45) is 4.99 Å². The molecule has 0 aliphatic heterocycles. The van der Waals surface area contributed by atoms with Gasteiger partial charge in [0, 0.05) is 18.7 Å². The predicted molar refractivity (Wildman–Crippen MR) is 81.1 cm³/mol. The van der Waals surface area contributed by atoms with E-state index >= 15 is 0 Å². The first-order valence-electron chi connectivity index (χ1n) is 6.93. The van der Waals surface area contributed by atoms with Gasteiger partial charge >= 0.3 is 0 Å². The van der Waals surface area contributed by atoms with Crippen LogP contribution in [0.5, 0.6) is 5.75 Å². The third-order valence-corrected chi connectivity index (χ3v) is 2.80. The number of ether oxygens (including phenoxy) is 1. The van der Waals surface area contributed by atoms with Gasteiger partial charge in [-0.05, 0) is 31.9 Å². The van der Waals surface area contributed by atoms with E-state index in [1.165, 1.54) is 0 Å². The van der Waals surface area contributed by atoms with E-state index in [-0.39, 0.29) is 6.67 Å². The van der Waals surface area contributed by atoms with Crippen molar-refractivity contribution in [2.75, 3.05) is 26.9 Å². The average Bonchev–Trinajstić information content (AvgIpc) is 2.45. The number of methoxy groups -OCH3 is 1.